The lowest BCUT2D eigenvalue weighted by Gasteiger charge is -2.13. The van der Waals surface area contributed by atoms with Gasteiger partial charge in [-0.3, -0.25) is 0 Å². The van der Waals surface area contributed by atoms with E-state index in [0.29, 0.717) is 15.3 Å². The van der Waals surface area contributed by atoms with Crippen molar-refractivity contribution in [3.8, 4) is 5.75 Å². The van der Waals surface area contributed by atoms with Crippen LogP contribution in [0, 0.1) is 0 Å². The monoisotopic (exact) mass is 552 g/mol. The number of ether oxygens (including phenoxy) is 1. The number of nitrogens with one attached hydrogen (secondary N) is 1. The Labute approximate surface area is 178 Å². The molecule has 26 heavy (non-hydrogen) atoms. The first-order chi connectivity index (χ1) is 12.1. The minimum Gasteiger partial charge on any atom is -0.486 e. The first-order valence-electron chi connectivity index (χ1n) is 6.70. The number of benzene rings is 1. The Morgan fingerprint density at radius 1 is 1.12 bits per heavy atom. The maximum absolute atomic E-state index is 12.7. The number of halogens is 8. The SMILES string of the molecule is FC(F)(F)c1cnc(Nc2cc(Cl)c(OCC=C(Br)Br)c(Cl)c2)c(Cl)c1. The van der Waals surface area contributed by atoms with E-state index in [9.17, 15) is 13.2 Å². The van der Waals surface area contributed by atoms with Gasteiger partial charge in [0.1, 0.15) is 12.4 Å². The molecule has 0 fully saturated rings. The molecule has 2 aromatic rings. The van der Waals surface area contributed by atoms with Crippen LogP contribution in [0.2, 0.25) is 15.1 Å². The van der Waals surface area contributed by atoms with E-state index in [4.69, 9.17) is 39.5 Å². The molecule has 0 aliphatic carbocycles. The Bertz CT molecular complexity index is 820. The van der Waals surface area contributed by atoms with Crippen molar-refractivity contribution in [2.75, 3.05) is 11.9 Å². The molecule has 0 spiro atoms. The molecule has 1 aromatic carbocycles. The van der Waals surface area contributed by atoms with E-state index in [2.05, 4.69) is 42.2 Å². The van der Waals surface area contributed by atoms with Crippen molar-refractivity contribution in [3.05, 3.63) is 54.5 Å². The largest absolute Gasteiger partial charge is 0.486 e. The van der Waals surface area contributed by atoms with Crippen LogP contribution >= 0.6 is 66.7 Å². The number of nitrogens with zero attached hydrogens (tertiary/aromatic N) is 1. The van der Waals surface area contributed by atoms with Gasteiger partial charge in [0, 0.05) is 11.9 Å². The highest BCUT2D eigenvalue weighted by Gasteiger charge is 2.31. The van der Waals surface area contributed by atoms with Gasteiger partial charge in [0.2, 0.25) is 0 Å². The zero-order valence-electron chi connectivity index (χ0n) is 12.5. The van der Waals surface area contributed by atoms with Crippen LogP contribution in [-0.2, 0) is 6.18 Å². The lowest BCUT2D eigenvalue weighted by Crippen LogP contribution is -2.06. The molecule has 140 valence electrons. The van der Waals surface area contributed by atoms with E-state index in [1.165, 1.54) is 12.1 Å². The maximum Gasteiger partial charge on any atom is 0.417 e. The van der Waals surface area contributed by atoms with Gasteiger partial charge in [-0.2, -0.15) is 13.2 Å². The zero-order chi connectivity index (χ0) is 19.5. The molecule has 0 bridgehead atoms. The molecular formula is C15H8Br2Cl3F3N2O. The molecule has 0 aliphatic heterocycles. The third-order valence-electron chi connectivity index (χ3n) is 2.89. The first-order valence-corrected chi connectivity index (χ1v) is 9.42. The minimum absolute atomic E-state index is 0.0339. The Hall–Kier alpha value is -0.670. The predicted octanol–water partition coefficient (Wildman–Crippen LogP) is 7.81. The summed E-state index contributed by atoms with van der Waals surface area (Å²) in [6.45, 7) is 0.213. The number of alkyl halides is 3. The van der Waals surface area contributed by atoms with Crippen LogP contribution in [0.1, 0.15) is 5.56 Å². The summed E-state index contributed by atoms with van der Waals surface area (Å²) in [7, 11) is 0. The van der Waals surface area contributed by atoms with E-state index in [1.807, 2.05) is 0 Å². The van der Waals surface area contributed by atoms with Gasteiger partial charge in [0.15, 0.2) is 5.75 Å². The summed E-state index contributed by atoms with van der Waals surface area (Å²) in [5.74, 6) is 0.300. The van der Waals surface area contributed by atoms with Crippen molar-refractivity contribution >= 4 is 78.2 Å². The highest BCUT2D eigenvalue weighted by molar-refractivity contribution is 9.28. The predicted molar refractivity (Wildman–Crippen MR) is 105 cm³/mol. The minimum atomic E-state index is -4.53. The Morgan fingerprint density at radius 2 is 1.73 bits per heavy atom. The molecule has 0 aliphatic rings. The van der Waals surface area contributed by atoms with E-state index < -0.39 is 11.7 Å². The number of hydrogen-bond donors (Lipinski definition) is 1. The second-order valence-electron chi connectivity index (χ2n) is 4.75. The molecule has 0 radical (unpaired) electrons. The number of hydrogen-bond acceptors (Lipinski definition) is 3. The van der Waals surface area contributed by atoms with Gasteiger partial charge in [0.25, 0.3) is 0 Å². The van der Waals surface area contributed by atoms with Crippen LogP contribution in [0.5, 0.6) is 5.75 Å². The normalized spacial score (nSPS) is 11.2. The fraction of sp³-hybridized carbons (Fsp3) is 0.133. The molecule has 0 amide bonds. The second kappa shape index (κ2) is 9.01. The average molecular weight is 555 g/mol. The van der Waals surface area contributed by atoms with E-state index in [0.717, 1.165) is 6.07 Å². The molecule has 0 atom stereocenters. The lowest BCUT2D eigenvalue weighted by atomic mass is 10.2. The smallest absolute Gasteiger partial charge is 0.417 e. The molecular weight excluding hydrogens is 547 g/mol. The number of aromatic nitrogens is 1. The van der Waals surface area contributed by atoms with Crippen molar-refractivity contribution in [2.24, 2.45) is 0 Å². The Morgan fingerprint density at radius 3 is 2.23 bits per heavy atom. The van der Waals surface area contributed by atoms with E-state index >= 15 is 0 Å². The second-order valence-corrected chi connectivity index (χ2v) is 8.75. The molecule has 0 unspecified atom stereocenters. The van der Waals surface area contributed by atoms with Gasteiger partial charge >= 0.3 is 6.18 Å². The summed E-state index contributed by atoms with van der Waals surface area (Å²) in [5, 5.41) is 3.00. The fourth-order valence-electron chi connectivity index (χ4n) is 1.78. The molecule has 11 heteroatoms. The maximum atomic E-state index is 12.7. The highest BCUT2D eigenvalue weighted by Crippen LogP contribution is 2.38. The average Bonchev–Trinajstić information content (AvgIpc) is 2.50. The first kappa shape index (κ1) is 21.6. The molecule has 3 nitrogen and oxygen atoms in total. The standard InChI is InChI=1S/C15H8Br2Cl3F3N2O/c16-12(17)1-2-26-13-9(18)4-8(5-10(13)19)25-14-11(20)3-7(6-24-14)15(21,22)23/h1,3-6H,2H2,(H,24,25). The van der Waals surface area contributed by atoms with Crippen molar-refractivity contribution in [2.45, 2.75) is 6.18 Å². The zero-order valence-corrected chi connectivity index (χ0v) is 17.9. The third kappa shape index (κ3) is 5.92. The summed E-state index contributed by atoms with van der Waals surface area (Å²) in [6.07, 6.45) is -2.15. The highest BCUT2D eigenvalue weighted by atomic mass is 79.9. The molecule has 0 saturated carbocycles. The quantitative estimate of drug-likeness (QED) is 0.409. The van der Waals surface area contributed by atoms with Crippen LogP contribution in [0.25, 0.3) is 0 Å². The molecule has 2 rings (SSSR count). The van der Waals surface area contributed by atoms with Crippen LogP contribution in [0.4, 0.5) is 24.7 Å². The summed E-state index contributed by atoms with van der Waals surface area (Å²) in [5.41, 5.74) is -0.558. The van der Waals surface area contributed by atoms with Crippen LogP contribution in [0.3, 0.4) is 0 Å². The molecule has 0 saturated heterocycles. The van der Waals surface area contributed by atoms with Gasteiger partial charge < -0.3 is 10.1 Å². The lowest BCUT2D eigenvalue weighted by molar-refractivity contribution is -0.137. The molecule has 1 N–H and O–H groups in total. The Kier molecular flexibility index (Phi) is 7.50. The summed E-state index contributed by atoms with van der Waals surface area (Å²) in [6, 6.07) is 3.76. The van der Waals surface area contributed by atoms with Crippen LogP contribution in [0.15, 0.2) is 33.9 Å². The molecule has 1 aromatic heterocycles. The van der Waals surface area contributed by atoms with E-state index in [-0.39, 0.29) is 33.2 Å². The summed E-state index contributed by atoms with van der Waals surface area (Å²) < 4.78 is 44.1. The number of rotatable bonds is 5. The number of anilines is 2. The van der Waals surface area contributed by atoms with Crippen LogP contribution in [-0.4, -0.2) is 11.6 Å². The van der Waals surface area contributed by atoms with Crippen molar-refractivity contribution < 1.29 is 17.9 Å². The fourth-order valence-corrected chi connectivity index (χ4v) is 2.85. The summed E-state index contributed by atoms with van der Waals surface area (Å²) in [4.78, 5) is 3.69. The topological polar surface area (TPSA) is 34.2 Å². The van der Waals surface area contributed by atoms with Crippen molar-refractivity contribution in [1.29, 1.82) is 0 Å². The van der Waals surface area contributed by atoms with Gasteiger partial charge in [-0.25, -0.2) is 4.98 Å². The summed E-state index contributed by atoms with van der Waals surface area (Å²) >= 11 is 24.5. The van der Waals surface area contributed by atoms with Crippen molar-refractivity contribution in [3.63, 3.8) is 0 Å². The number of pyridine rings is 1. The van der Waals surface area contributed by atoms with Gasteiger partial charge in [-0.15, -0.1) is 0 Å². The van der Waals surface area contributed by atoms with Gasteiger partial charge in [-0.05, 0) is 56.1 Å². The third-order valence-corrected chi connectivity index (χ3v) is 4.39. The van der Waals surface area contributed by atoms with Crippen molar-refractivity contribution in [1.82, 2.24) is 4.98 Å². The van der Waals surface area contributed by atoms with E-state index in [1.54, 1.807) is 6.08 Å². The van der Waals surface area contributed by atoms with Gasteiger partial charge in [0.05, 0.1) is 24.0 Å². The molecule has 1 heterocycles. The van der Waals surface area contributed by atoms with Gasteiger partial charge in [-0.1, -0.05) is 34.8 Å². The van der Waals surface area contributed by atoms with Crippen LogP contribution < -0.4 is 10.1 Å². The Balaban J connectivity index is 2.22.